The molecule has 1 aliphatic rings. The number of rotatable bonds is 1. The van der Waals surface area contributed by atoms with Crippen molar-refractivity contribution in [2.24, 2.45) is 5.92 Å². The molecule has 0 radical (unpaired) electrons. The Bertz CT molecular complexity index is 189. The van der Waals surface area contributed by atoms with E-state index in [-0.39, 0.29) is 12.0 Å². The largest absolute Gasteiger partial charge is 0.388 e. The van der Waals surface area contributed by atoms with Crippen LogP contribution < -0.4 is 0 Å². The summed E-state index contributed by atoms with van der Waals surface area (Å²) in [6, 6.07) is 0. The zero-order chi connectivity index (χ0) is 7.56. The van der Waals surface area contributed by atoms with Crippen molar-refractivity contribution >= 4 is 0 Å². The fourth-order valence-corrected chi connectivity index (χ4v) is 0.979. The summed E-state index contributed by atoms with van der Waals surface area (Å²) in [4.78, 5) is 0. The normalized spacial score (nSPS) is 31.6. The average Bonchev–Trinajstić information content (AvgIpc) is 1.95. The van der Waals surface area contributed by atoms with Crippen molar-refractivity contribution < 1.29 is 5.11 Å². The van der Waals surface area contributed by atoms with Gasteiger partial charge in [-0.05, 0) is 5.57 Å². The van der Waals surface area contributed by atoms with E-state index in [4.69, 9.17) is 0 Å². The van der Waals surface area contributed by atoms with E-state index in [1.165, 1.54) is 0 Å². The van der Waals surface area contributed by atoms with Crippen LogP contribution in [0, 0.1) is 5.92 Å². The number of hydrogen-bond donors (Lipinski definition) is 1. The van der Waals surface area contributed by atoms with Gasteiger partial charge in [0.15, 0.2) is 0 Å². The lowest BCUT2D eigenvalue weighted by Crippen LogP contribution is -2.15. The molecule has 0 saturated carbocycles. The Kier molecular flexibility index (Phi) is 2.07. The third-order valence-corrected chi connectivity index (χ3v) is 1.72. The SMILES string of the molecule is C=CC1=CC(C)C(O)C=C1. The van der Waals surface area contributed by atoms with Gasteiger partial charge in [0.2, 0.25) is 0 Å². The second-order valence-corrected chi connectivity index (χ2v) is 2.58. The third-order valence-electron chi connectivity index (χ3n) is 1.72. The lowest BCUT2D eigenvalue weighted by atomic mass is 9.95. The van der Waals surface area contributed by atoms with Gasteiger partial charge in [-0.1, -0.05) is 37.8 Å². The summed E-state index contributed by atoms with van der Waals surface area (Å²) in [5.41, 5.74) is 1.10. The molecule has 1 N–H and O–H groups in total. The molecule has 0 fully saturated rings. The molecular weight excluding hydrogens is 124 g/mol. The van der Waals surface area contributed by atoms with Crippen molar-refractivity contribution in [3.8, 4) is 0 Å². The van der Waals surface area contributed by atoms with Gasteiger partial charge in [-0.15, -0.1) is 0 Å². The molecule has 1 nitrogen and oxygen atoms in total. The minimum Gasteiger partial charge on any atom is -0.388 e. The van der Waals surface area contributed by atoms with E-state index in [0.717, 1.165) is 5.57 Å². The summed E-state index contributed by atoms with van der Waals surface area (Å²) < 4.78 is 0. The van der Waals surface area contributed by atoms with Crippen LogP contribution in [0.4, 0.5) is 0 Å². The van der Waals surface area contributed by atoms with Gasteiger partial charge in [0.25, 0.3) is 0 Å². The second kappa shape index (κ2) is 2.84. The molecule has 1 aliphatic carbocycles. The van der Waals surface area contributed by atoms with E-state index in [9.17, 15) is 5.11 Å². The smallest absolute Gasteiger partial charge is 0.0784 e. The van der Waals surface area contributed by atoms with Crippen LogP contribution in [0.3, 0.4) is 0 Å². The van der Waals surface area contributed by atoms with Gasteiger partial charge in [0.1, 0.15) is 0 Å². The van der Waals surface area contributed by atoms with Crippen molar-refractivity contribution in [1.29, 1.82) is 0 Å². The maximum absolute atomic E-state index is 9.23. The first-order valence-electron chi connectivity index (χ1n) is 3.44. The molecule has 0 heterocycles. The molecule has 0 amide bonds. The highest BCUT2D eigenvalue weighted by atomic mass is 16.3. The monoisotopic (exact) mass is 136 g/mol. The van der Waals surface area contributed by atoms with Crippen LogP contribution in [0.15, 0.2) is 36.5 Å². The lowest BCUT2D eigenvalue weighted by molar-refractivity contribution is 0.183. The zero-order valence-corrected chi connectivity index (χ0v) is 6.12. The summed E-state index contributed by atoms with van der Waals surface area (Å²) in [6.07, 6.45) is 7.17. The molecule has 0 bridgehead atoms. The molecule has 10 heavy (non-hydrogen) atoms. The van der Waals surface area contributed by atoms with Gasteiger partial charge in [0.05, 0.1) is 6.10 Å². The summed E-state index contributed by atoms with van der Waals surface area (Å²) in [5, 5.41) is 9.23. The van der Waals surface area contributed by atoms with Crippen molar-refractivity contribution in [2.75, 3.05) is 0 Å². The molecule has 54 valence electrons. The van der Waals surface area contributed by atoms with E-state index in [2.05, 4.69) is 6.58 Å². The summed E-state index contributed by atoms with van der Waals surface area (Å²) >= 11 is 0. The van der Waals surface area contributed by atoms with E-state index in [1.54, 1.807) is 12.2 Å². The van der Waals surface area contributed by atoms with E-state index < -0.39 is 0 Å². The zero-order valence-electron chi connectivity index (χ0n) is 6.12. The minimum atomic E-state index is -0.316. The maximum atomic E-state index is 9.23. The molecule has 0 spiro atoms. The van der Waals surface area contributed by atoms with Crippen LogP contribution in [0.1, 0.15) is 6.92 Å². The highest BCUT2D eigenvalue weighted by molar-refractivity contribution is 5.33. The summed E-state index contributed by atoms with van der Waals surface area (Å²) in [5.74, 6) is 0.220. The number of hydrogen-bond acceptors (Lipinski definition) is 1. The molecule has 0 aliphatic heterocycles. The predicted molar refractivity (Wildman–Crippen MR) is 42.6 cm³/mol. The quantitative estimate of drug-likeness (QED) is 0.581. The molecule has 0 aromatic heterocycles. The van der Waals surface area contributed by atoms with Crippen molar-refractivity contribution in [2.45, 2.75) is 13.0 Å². The molecule has 2 unspecified atom stereocenters. The van der Waals surface area contributed by atoms with Gasteiger partial charge >= 0.3 is 0 Å². The van der Waals surface area contributed by atoms with Crippen molar-refractivity contribution in [3.05, 3.63) is 36.5 Å². The van der Waals surface area contributed by atoms with E-state index in [0.29, 0.717) is 0 Å². The van der Waals surface area contributed by atoms with Crippen molar-refractivity contribution in [3.63, 3.8) is 0 Å². The Balaban J connectivity index is 2.75. The van der Waals surface area contributed by atoms with E-state index >= 15 is 0 Å². The molecule has 0 aromatic rings. The molecule has 1 rings (SSSR count). The number of aliphatic hydroxyl groups excluding tert-OH is 1. The van der Waals surface area contributed by atoms with Gasteiger partial charge in [-0.3, -0.25) is 0 Å². The Morgan fingerprint density at radius 3 is 2.90 bits per heavy atom. The highest BCUT2D eigenvalue weighted by Gasteiger charge is 2.11. The Hall–Kier alpha value is -0.820. The molecular formula is C9H12O. The van der Waals surface area contributed by atoms with Crippen molar-refractivity contribution in [1.82, 2.24) is 0 Å². The van der Waals surface area contributed by atoms with Crippen LogP contribution in [0.5, 0.6) is 0 Å². The molecule has 0 saturated heterocycles. The Morgan fingerprint density at radius 2 is 2.40 bits per heavy atom. The Morgan fingerprint density at radius 1 is 1.70 bits per heavy atom. The van der Waals surface area contributed by atoms with Gasteiger partial charge < -0.3 is 5.11 Å². The first-order chi connectivity index (χ1) is 4.74. The Labute approximate surface area is 61.4 Å². The summed E-state index contributed by atoms with van der Waals surface area (Å²) in [7, 11) is 0. The first-order valence-corrected chi connectivity index (χ1v) is 3.44. The van der Waals surface area contributed by atoms with Crippen LogP contribution in [0.2, 0.25) is 0 Å². The van der Waals surface area contributed by atoms with Crippen LogP contribution >= 0.6 is 0 Å². The average molecular weight is 136 g/mol. The predicted octanol–water partition coefficient (Wildman–Crippen LogP) is 1.67. The second-order valence-electron chi connectivity index (χ2n) is 2.58. The lowest BCUT2D eigenvalue weighted by Gasteiger charge is -2.15. The molecule has 1 heteroatoms. The van der Waals surface area contributed by atoms with Gasteiger partial charge in [-0.25, -0.2) is 0 Å². The fraction of sp³-hybridized carbons (Fsp3) is 0.333. The molecule has 2 atom stereocenters. The summed E-state index contributed by atoms with van der Waals surface area (Å²) in [6.45, 7) is 5.63. The van der Waals surface area contributed by atoms with E-state index in [1.807, 2.05) is 19.1 Å². The minimum absolute atomic E-state index is 0.220. The van der Waals surface area contributed by atoms with Gasteiger partial charge in [0, 0.05) is 5.92 Å². The third kappa shape index (κ3) is 1.36. The fourth-order valence-electron chi connectivity index (χ4n) is 0.979. The molecule has 0 aromatic carbocycles. The maximum Gasteiger partial charge on any atom is 0.0784 e. The number of aliphatic hydroxyl groups is 1. The standard InChI is InChI=1S/C9H12O/c1-3-8-4-5-9(10)7(2)6-8/h3-7,9-10H,1H2,2H3. The number of allylic oxidation sites excluding steroid dienone is 3. The first kappa shape index (κ1) is 7.29. The van der Waals surface area contributed by atoms with Crippen LogP contribution in [-0.4, -0.2) is 11.2 Å². The van der Waals surface area contributed by atoms with Crippen LogP contribution in [-0.2, 0) is 0 Å². The topological polar surface area (TPSA) is 20.2 Å². The van der Waals surface area contributed by atoms with Crippen LogP contribution in [0.25, 0.3) is 0 Å². The van der Waals surface area contributed by atoms with Gasteiger partial charge in [-0.2, -0.15) is 0 Å². The highest BCUT2D eigenvalue weighted by Crippen LogP contribution is 2.16.